The van der Waals surface area contributed by atoms with Gasteiger partial charge in [0.2, 0.25) is 5.95 Å². The molecule has 0 unspecified atom stereocenters. The van der Waals surface area contributed by atoms with Crippen LogP contribution in [0.1, 0.15) is 0 Å². The summed E-state index contributed by atoms with van der Waals surface area (Å²) in [6, 6.07) is 3.35. The molecule has 0 amide bonds. The number of rotatable bonds is 5. The van der Waals surface area contributed by atoms with Crippen LogP contribution in [0.15, 0.2) is 24.4 Å². The van der Waals surface area contributed by atoms with Crippen LogP contribution in [-0.2, 0) is 16.6 Å². The van der Waals surface area contributed by atoms with Gasteiger partial charge in [0.05, 0.1) is 18.7 Å². The van der Waals surface area contributed by atoms with Gasteiger partial charge >= 0.3 is 5.97 Å². The third kappa shape index (κ3) is 3.47. The maximum absolute atomic E-state index is 13.3. The SMILES string of the molecule is COC(=O)CNc1nc(Nc2ccc(F)c(F)c2)nc2c1cnn2C. The van der Waals surface area contributed by atoms with Crippen molar-refractivity contribution in [2.45, 2.75) is 0 Å². The van der Waals surface area contributed by atoms with Crippen LogP contribution in [0.25, 0.3) is 11.0 Å². The minimum Gasteiger partial charge on any atom is -0.468 e. The molecule has 3 rings (SSSR count). The van der Waals surface area contributed by atoms with Crippen molar-refractivity contribution in [2.75, 3.05) is 24.3 Å². The quantitative estimate of drug-likeness (QED) is 0.681. The fourth-order valence-electron chi connectivity index (χ4n) is 2.14. The Morgan fingerprint density at radius 3 is 2.80 bits per heavy atom. The van der Waals surface area contributed by atoms with Crippen molar-refractivity contribution in [3.8, 4) is 0 Å². The van der Waals surface area contributed by atoms with Crippen LogP contribution in [0.3, 0.4) is 0 Å². The van der Waals surface area contributed by atoms with Gasteiger partial charge in [-0.2, -0.15) is 15.1 Å². The molecule has 0 aliphatic rings. The smallest absolute Gasteiger partial charge is 0.325 e. The molecule has 0 saturated carbocycles. The highest BCUT2D eigenvalue weighted by Gasteiger charge is 2.13. The Bertz CT molecular complexity index is 943. The van der Waals surface area contributed by atoms with Gasteiger partial charge < -0.3 is 15.4 Å². The summed E-state index contributed by atoms with van der Waals surface area (Å²) in [5.41, 5.74) is 0.770. The second-order valence-corrected chi connectivity index (χ2v) is 5.08. The maximum Gasteiger partial charge on any atom is 0.325 e. The van der Waals surface area contributed by atoms with Crippen LogP contribution in [0.4, 0.5) is 26.2 Å². The normalized spacial score (nSPS) is 10.7. The highest BCUT2D eigenvalue weighted by molar-refractivity contribution is 5.89. The predicted octanol–water partition coefficient (Wildman–Crippen LogP) is 1.97. The summed E-state index contributed by atoms with van der Waals surface area (Å²) in [6.07, 6.45) is 1.55. The third-order valence-electron chi connectivity index (χ3n) is 3.40. The molecule has 0 spiro atoms. The first kappa shape index (κ1) is 16.6. The van der Waals surface area contributed by atoms with Crippen molar-refractivity contribution in [2.24, 2.45) is 7.05 Å². The highest BCUT2D eigenvalue weighted by Crippen LogP contribution is 2.23. The molecule has 3 aromatic rings. The zero-order valence-corrected chi connectivity index (χ0v) is 13.4. The number of nitrogens with one attached hydrogen (secondary N) is 2. The Kier molecular flexibility index (Phi) is 4.42. The molecule has 10 heteroatoms. The largest absolute Gasteiger partial charge is 0.468 e. The van der Waals surface area contributed by atoms with Crippen LogP contribution in [0, 0.1) is 11.6 Å². The molecule has 0 fully saturated rings. The molecular weight excluding hydrogens is 334 g/mol. The van der Waals surface area contributed by atoms with Gasteiger partial charge in [-0.15, -0.1) is 0 Å². The van der Waals surface area contributed by atoms with E-state index >= 15 is 0 Å². The van der Waals surface area contributed by atoms with E-state index in [1.54, 1.807) is 13.2 Å². The number of carbonyl (C=O) groups is 1. The fourth-order valence-corrected chi connectivity index (χ4v) is 2.14. The molecule has 1 aromatic carbocycles. The summed E-state index contributed by atoms with van der Waals surface area (Å²) in [5, 5.41) is 10.3. The van der Waals surface area contributed by atoms with Crippen molar-refractivity contribution in [1.29, 1.82) is 0 Å². The van der Waals surface area contributed by atoms with Gasteiger partial charge in [0.15, 0.2) is 17.3 Å². The van der Waals surface area contributed by atoms with E-state index in [-0.39, 0.29) is 18.2 Å². The number of halogens is 2. The number of aromatic nitrogens is 4. The third-order valence-corrected chi connectivity index (χ3v) is 3.40. The monoisotopic (exact) mass is 348 g/mol. The number of nitrogens with zero attached hydrogens (tertiary/aromatic N) is 4. The molecule has 0 aliphatic heterocycles. The van der Waals surface area contributed by atoms with E-state index in [4.69, 9.17) is 0 Å². The second-order valence-electron chi connectivity index (χ2n) is 5.08. The molecule has 0 radical (unpaired) electrons. The van der Waals surface area contributed by atoms with E-state index in [1.807, 2.05) is 0 Å². The minimum absolute atomic E-state index is 0.0951. The predicted molar refractivity (Wildman–Crippen MR) is 86.5 cm³/mol. The molecular formula is C15H14F2N6O2. The summed E-state index contributed by atoms with van der Waals surface area (Å²) < 4.78 is 32.5. The van der Waals surface area contributed by atoms with Crippen molar-refractivity contribution in [1.82, 2.24) is 19.7 Å². The van der Waals surface area contributed by atoms with Crippen LogP contribution >= 0.6 is 0 Å². The molecule has 0 bridgehead atoms. The van der Waals surface area contributed by atoms with Gasteiger partial charge in [0.25, 0.3) is 0 Å². The molecule has 2 aromatic heterocycles. The van der Waals surface area contributed by atoms with E-state index in [9.17, 15) is 13.6 Å². The highest BCUT2D eigenvalue weighted by atomic mass is 19.2. The number of fused-ring (bicyclic) bond motifs is 1. The molecule has 2 heterocycles. The molecule has 8 nitrogen and oxygen atoms in total. The van der Waals surface area contributed by atoms with E-state index in [1.165, 1.54) is 17.9 Å². The van der Waals surface area contributed by atoms with Crippen LogP contribution < -0.4 is 10.6 Å². The molecule has 25 heavy (non-hydrogen) atoms. The molecule has 2 N–H and O–H groups in total. The van der Waals surface area contributed by atoms with E-state index < -0.39 is 17.6 Å². The maximum atomic E-state index is 13.3. The van der Waals surface area contributed by atoms with Crippen LogP contribution in [0.2, 0.25) is 0 Å². The first-order valence-electron chi connectivity index (χ1n) is 7.20. The number of hydrogen-bond acceptors (Lipinski definition) is 7. The zero-order valence-electron chi connectivity index (χ0n) is 13.4. The van der Waals surface area contributed by atoms with Gasteiger partial charge in [0.1, 0.15) is 12.4 Å². The lowest BCUT2D eigenvalue weighted by molar-refractivity contribution is -0.138. The van der Waals surface area contributed by atoms with E-state index in [2.05, 4.69) is 30.4 Å². The number of hydrogen-bond donors (Lipinski definition) is 2. The summed E-state index contributed by atoms with van der Waals surface area (Å²) in [7, 11) is 2.97. The summed E-state index contributed by atoms with van der Waals surface area (Å²) >= 11 is 0. The van der Waals surface area contributed by atoms with E-state index in [0.29, 0.717) is 16.9 Å². The van der Waals surface area contributed by atoms with Gasteiger partial charge in [-0.3, -0.25) is 9.48 Å². The van der Waals surface area contributed by atoms with Crippen molar-refractivity contribution >= 4 is 34.5 Å². The zero-order chi connectivity index (χ0) is 18.0. The molecule has 0 aliphatic carbocycles. The molecule has 130 valence electrons. The van der Waals surface area contributed by atoms with Crippen LogP contribution in [-0.4, -0.2) is 39.4 Å². The summed E-state index contributed by atoms with van der Waals surface area (Å²) in [6.45, 7) is -0.0951. The Morgan fingerprint density at radius 1 is 1.28 bits per heavy atom. The number of ether oxygens (including phenoxy) is 1. The van der Waals surface area contributed by atoms with Gasteiger partial charge in [-0.25, -0.2) is 8.78 Å². The fraction of sp³-hybridized carbons (Fsp3) is 0.200. The Morgan fingerprint density at radius 2 is 2.08 bits per heavy atom. The number of aryl methyl sites for hydroxylation is 1. The summed E-state index contributed by atoms with van der Waals surface area (Å²) in [5.74, 6) is -1.92. The van der Waals surface area contributed by atoms with Crippen molar-refractivity contribution < 1.29 is 18.3 Å². The first-order valence-corrected chi connectivity index (χ1v) is 7.20. The average molecular weight is 348 g/mol. The lowest BCUT2D eigenvalue weighted by Gasteiger charge is -2.10. The lowest BCUT2D eigenvalue weighted by Crippen LogP contribution is -2.16. The van der Waals surface area contributed by atoms with Gasteiger partial charge in [0, 0.05) is 18.8 Å². The average Bonchev–Trinajstić information content (AvgIpc) is 2.97. The number of esters is 1. The number of carbonyl (C=O) groups excluding carboxylic acids is 1. The summed E-state index contributed by atoms with van der Waals surface area (Å²) in [4.78, 5) is 19.9. The standard InChI is InChI=1S/C15H14F2N6O2/c1-23-14-9(6-19-23)13(18-7-12(24)25-2)21-15(22-14)20-8-3-4-10(16)11(17)5-8/h3-6H,7H2,1-2H3,(H2,18,20,21,22). The van der Waals surface area contributed by atoms with Gasteiger partial charge in [-0.05, 0) is 12.1 Å². The topological polar surface area (TPSA) is 94.0 Å². The second kappa shape index (κ2) is 6.67. The Balaban J connectivity index is 1.95. The lowest BCUT2D eigenvalue weighted by atomic mass is 10.3. The van der Waals surface area contributed by atoms with E-state index in [0.717, 1.165) is 12.1 Å². The first-order chi connectivity index (χ1) is 12.0. The van der Waals surface area contributed by atoms with Crippen molar-refractivity contribution in [3.63, 3.8) is 0 Å². The molecule has 0 atom stereocenters. The Hall–Kier alpha value is -3.30. The number of anilines is 3. The van der Waals surface area contributed by atoms with Crippen LogP contribution in [0.5, 0.6) is 0 Å². The van der Waals surface area contributed by atoms with Crippen molar-refractivity contribution in [3.05, 3.63) is 36.0 Å². The number of benzene rings is 1. The number of methoxy groups -OCH3 is 1. The van der Waals surface area contributed by atoms with Gasteiger partial charge in [-0.1, -0.05) is 0 Å². The Labute approximate surface area is 140 Å². The minimum atomic E-state index is -0.990. The molecule has 0 saturated heterocycles.